The third-order valence-electron chi connectivity index (χ3n) is 3.43. The van der Waals surface area contributed by atoms with Crippen LogP contribution in [0.15, 0.2) is 42.6 Å². The number of benzene rings is 1. The second kappa shape index (κ2) is 7.00. The second-order valence-corrected chi connectivity index (χ2v) is 5.39. The first-order valence-corrected chi connectivity index (χ1v) is 7.54. The van der Waals surface area contributed by atoms with Crippen LogP contribution in [-0.4, -0.2) is 24.2 Å². The molecule has 0 spiro atoms. The molecule has 23 heavy (non-hydrogen) atoms. The minimum Gasteiger partial charge on any atom is -0.497 e. The summed E-state index contributed by atoms with van der Waals surface area (Å²) in [6, 6.07) is 11.2. The SMILES string of the molecule is COc1cccc(Oc2ccc(CNC(=O)NC3CC3)cn2)c1. The number of carbonyl (C=O) groups excluding carboxylic acids is 1. The summed E-state index contributed by atoms with van der Waals surface area (Å²) in [6.45, 7) is 0.436. The van der Waals surface area contributed by atoms with Gasteiger partial charge < -0.3 is 20.1 Å². The van der Waals surface area contributed by atoms with E-state index in [4.69, 9.17) is 9.47 Å². The van der Waals surface area contributed by atoms with E-state index in [9.17, 15) is 4.79 Å². The van der Waals surface area contributed by atoms with Crippen LogP contribution in [0.25, 0.3) is 0 Å². The van der Waals surface area contributed by atoms with Gasteiger partial charge in [0.05, 0.1) is 7.11 Å². The fourth-order valence-electron chi connectivity index (χ4n) is 2.01. The molecule has 0 saturated heterocycles. The van der Waals surface area contributed by atoms with Gasteiger partial charge in [-0.2, -0.15) is 0 Å². The first-order chi connectivity index (χ1) is 11.2. The smallest absolute Gasteiger partial charge is 0.315 e. The number of urea groups is 1. The van der Waals surface area contributed by atoms with Gasteiger partial charge in [-0.25, -0.2) is 9.78 Å². The van der Waals surface area contributed by atoms with Gasteiger partial charge >= 0.3 is 6.03 Å². The predicted molar refractivity (Wildman–Crippen MR) is 85.7 cm³/mol. The Morgan fingerprint density at radius 1 is 1.26 bits per heavy atom. The van der Waals surface area contributed by atoms with Gasteiger partial charge in [0.1, 0.15) is 11.5 Å². The molecule has 6 heteroatoms. The lowest BCUT2D eigenvalue weighted by Gasteiger charge is -2.08. The van der Waals surface area contributed by atoms with Crippen LogP contribution in [-0.2, 0) is 6.54 Å². The number of hydrogen-bond donors (Lipinski definition) is 2. The number of aromatic nitrogens is 1. The predicted octanol–water partition coefficient (Wildman–Crippen LogP) is 2.84. The van der Waals surface area contributed by atoms with E-state index in [1.807, 2.05) is 24.3 Å². The molecule has 3 rings (SSSR count). The monoisotopic (exact) mass is 313 g/mol. The van der Waals surface area contributed by atoms with Crippen molar-refractivity contribution in [2.75, 3.05) is 7.11 Å². The summed E-state index contributed by atoms with van der Waals surface area (Å²) in [5.74, 6) is 1.88. The fraction of sp³-hybridized carbons (Fsp3) is 0.294. The van der Waals surface area contributed by atoms with Crippen LogP contribution in [0.2, 0.25) is 0 Å². The maximum Gasteiger partial charge on any atom is 0.315 e. The summed E-state index contributed by atoms with van der Waals surface area (Å²) < 4.78 is 10.8. The summed E-state index contributed by atoms with van der Waals surface area (Å²) in [5.41, 5.74) is 0.911. The molecular formula is C17H19N3O3. The molecule has 0 atom stereocenters. The molecule has 1 saturated carbocycles. The van der Waals surface area contributed by atoms with Crippen LogP contribution < -0.4 is 20.1 Å². The normalized spacial score (nSPS) is 13.3. The quantitative estimate of drug-likeness (QED) is 0.860. The Bertz CT molecular complexity index is 669. The van der Waals surface area contributed by atoms with Crippen molar-refractivity contribution >= 4 is 6.03 Å². The molecule has 1 aromatic heterocycles. The molecule has 2 amide bonds. The van der Waals surface area contributed by atoms with E-state index in [1.54, 1.807) is 25.4 Å². The van der Waals surface area contributed by atoms with Gasteiger partial charge in [-0.05, 0) is 30.5 Å². The van der Waals surface area contributed by atoms with Gasteiger partial charge in [-0.3, -0.25) is 0 Å². The Balaban J connectivity index is 1.52. The molecule has 120 valence electrons. The molecule has 1 heterocycles. The van der Waals surface area contributed by atoms with Crippen molar-refractivity contribution < 1.29 is 14.3 Å². The minimum atomic E-state index is -0.135. The highest BCUT2D eigenvalue weighted by Crippen LogP contribution is 2.23. The first-order valence-electron chi connectivity index (χ1n) is 7.54. The van der Waals surface area contributed by atoms with E-state index in [0.29, 0.717) is 24.2 Å². The van der Waals surface area contributed by atoms with Crippen molar-refractivity contribution in [3.8, 4) is 17.4 Å². The molecule has 1 aromatic carbocycles. The highest BCUT2D eigenvalue weighted by molar-refractivity contribution is 5.74. The Morgan fingerprint density at radius 2 is 2.09 bits per heavy atom. The van der Waals surface area contributed by atoms with Gasteiger partial charge in [0.25, 0.3) is 0 Å². The van der Waals surface area contributed by atoms with E-state index in [1.165, 1.54) is 0 Å². The maximum atomic E-state index is 11.6. The van der Waals surface area contributed by atoms with Gasteiger partial charge in [0.2, 0.25) is 5.88 Å². The highest BCUT2D eigenvalue weighted by atomic mass is 16.5. The van der Waals surface area contributed by atoms with Crippen LogP contribution in [0.3, 0.4) is 0 Å². The van der Waals surface area contributed by atoms with E-state index >= 15 is 0 Å². The zero-order valence-electron chi connectivity index (χ0n) is 12.9. The summed E-state index contributed by atoms with van der Waals surface area (Å²) in [5, 5.41) is 5.68. The standard InChI is InChI=1S/C17H19N3O3/c1-22-14-3-2-4-15(9-14)23-16-8-5-12(10-18-16)11-19-17(21)20-13-6-7-13/h2-5,8-10,13H,6-7,11H2,1H3,(H2,19,20,21). The molecule has 0 unspecified atom stereocenters. The third kappa shape index (κ3) is 4.60. The number of carbonyl (C=O) groups is 1. The molecule has 2 N–H and O–H groups in total. The van der Waals surface area contributed by atoms with E-state index < -0.39 is 0 Å². The summed E-state index contributed by atoms with van der Waals surface area (Å²) >= 11 is 0. The zero-order chi connectivity index (χ0) is 16.1. The molecule has 1 aliphatic carbocycles. The largest absolute Gasteiger partial charge is 0.497 e. The Morgan fingerprint density at radius 3 is 2.78 bits per heavy atom. The molecular weight excluding hydrogens is 294 g/mol. The molecule has 0 aliphatic heterocycles. The number of rotatable bonds is 6. The first kappa shape index (κ1) is 15.1. The summed E-state index contributed by atoms with van der Waals surface area (Å²) in [7, 11) is 1.61. The van der Waals surface area contributed by atoms with Crippen molar-refractivity contribution in [1.82, 2.24) is 15.6 Å². The van der Waals surface area contributed by atoms with E-state index in [2.05, 4.69) is 15.6 Å². The number of nitrogens with zero attached hydrogens (tertiary/aromatic N) is 1. The summed E-state index contributed by atoms with van der Waals surface area (Å²) in [4.78, 5) is 15.8. The second-order valence-electron chi connectivity index (χ2n) is 5.39. The van der Waals surface area contributed by atoms with Crippen LogP contribution in [0.4, 0.5) is 4.79 Å². The zero-order valence-corrected chi connectivity index (χ0v) is 12.9. The average Bonchev–Trinajstić information content (AvgIpc) is 3.38. The van der Waals surface area contributed by atoms with Gasteiger partial charge in [0.15, 0.2) is 0 Å². The van der Waals surface area contributed by atoms with E-state index in [0.717, 1.165) is 24.2 Å². The average molecular weight is 313 g/mol. The molecule has 0 radical (unpaired) electrons. The van der Waals surface area contributed by atoms with Crippen LogP contribution >= 0.6 is 0 Å². The minimum absolute atomic E-state index is 0.135. The van der Waals surface area contributed by atoms with Gasteiger partial charge in [-0.1, -0.05) is 12.1 Å². The molecule has 6 nitrogen and oxygen atoms in total. The molecule has 1 fully saturated rings. The van der Waals surface area contributed by atoms with Crippen molar-refractivity contribution in [3.63, 3.8) is 0 Å². The lowest BCUT2D eigenvalue weighted by Crippen LogP contribution is -2.36. The maximum absolute atomic E-state index is 11.6. The summed E-state index contributed by atoms with van der Waals surface area (Å²) in [6.07, 6.45) is 3.84. The number of pyridine rings is 1. The Hall–Kier alpha value is -2.76. The van der Waals surface area contributed by atoms with Crippen LogP contribution in [0.5, 0.6) is 17.4 Å². The third-order valence-corrected chi connectivity index (χ3v) is 3.43. The fourth-order valence-corrected chi connectivity index (χ4v) is 2.01. The van der Waals surface area contributed by atoms with Crippen molar-refractivity contribution in [3.05, 3.63) is 48.2 Å². The van der Waals surface area contributed by atoms with Gasteiger partial charge in [-0.15, -0.1) is 0 Å². The topological polar surface area (TPSA) is 72.5 Å². The molecule has 1 aliphatic rings. The Labute approximate surface area is 134 Å². The number of amides is 2. The highest BCUT2D eigenvalue weighted by Gasteiger charge is 2.22. The van der Waals surface area contributed by atoms with Crippen molar-refractivity contribution in [2.45, 2.75) is 25.4 Å². The van der Waals surface area contributed by atoms with E-state index in [-0.39, 0.29) is 6.03 Å². The number of hydrogen-bond acceptors (Lipinski definition) is 4. The number of nitrogens with one attached hydrogen (secondary N) is 2. The van der Waals surface area contributed by atoms with Crippen LogP contribution in [0.1, 0.15) is 18.4 Å². The molecule has 2 aromatic rings. The Kier molecular flexibility index (Phi) is 4.61. The number of methoxy groups -OCH3 is 1. The lowest BCUT2D eigenvalue weighted by molar-refractivity contribution is 0.240. The van der Waals surface area contributed by atoms with Crippen molar-refractivity contribution in [2.24, 2.45) is 0 Å². The van der Waals surface area contributed by atoms with Gasteiger partial charge in [0, 0.05) is 30.9 Å². The van der Waals surface area contributed by atoms with Crippen molar-refractivity contribution in [1.29, 1.82) is 0 Å². The van der Waals surface area contributed by atoms with Crippen LogP contribution in [0, 0.1) is 0 Å². The number of ether oxygens (including phenoxy) is 2. The molecule has 0 bridgehead atoms. The lowest BCUT2D eigenvalue weighted by atomic mass is 10.3.